The fourth-order valence-corrected chi connectivity index (χ4v) is 1.10. The van der Waals surface area contributed by atoms with Gasteiger partial charge in [0.25, 0.3) is 5.91 Å². The number of aryl methyl sites for hydroxylation is 1. The Balaban J connectivity index is 2.35. The van der Waals surface area contributed by atoms with Gasteiger partial charge in [0.1, 0.15) is 5.69 Å². The van der Waals surface area contributed by atoms with E-state index in [2.05, 4.69) is 15.1 Å². The molecule has 2 aromatic heterocycles. The highest BCUT2D eigenvalue weighted by Gasteiger charge is 2.04. The molecule has 0 unspecified atom stereocenters. The van der Waals surface area contributed by atoms with Gasteiger partial charge in [-0.2, -0.15) is 5.10 Å². The maximum atomic E-state index is 10.8. The van der Waals surface area contributed by atoms with Gasteiger partial charge in [0.05, 0.1) is 18.6 Å². The second kappa shape index (κ2) is 3.49. The Hall–Kier alpha value is -2.24. The molecule has 15 heavy (non-hydrogen) atoms. The van der Waals surface area contributed by atoms with E-state index in [1.165, 1.54) is 12.4 Å². The lowest BCUT2D eigenvalue weighted by atomic mass is 10.4. The van der Waals surface area contributed by atoms with Crippen molar-refractivity contribution in [3.05, 3.63) is 36.0 Å². The van der Waals surface area contributed by atoms with Crippen molar-refractivity contribution in [2.45, 2.75) is 6.92 Å². The standard InChI is InChI=1S/C9H9N5O/c1-6-2-13-14(5-6)8-4-11-7(3-12-8)9(10)15/h2-5H,1H3,(H2,10,15). The number of amides is 1. The number of nitrogens with zero attached hydrogens (tertiary/aromatic N) is 4. The molecule has 0 spiro atoms. The molecule has 0 atom stereocenters. The summed E-state index contributed by atoms with van der Waals surface area (Å²) in [5.41, 5.74) is 6.21. The molecule has 2 heterocycles. The third kappa shape index (κ3) is 1.83. The number of carbonyl (C=O) groups is 1. The minimum atomic E-state index is -0.592. The lowest BCUT2D eigenvalue weighted by Gasteiger charge is -1.99. The molecule has 0 radical (unpaired) electrons. The molecule has 6 heteroatoms. The SMILES string of the molecule is Cc1cnn(-c2cnc(C(N)=O)cn2)c1. The zero-order valence-electron chi connectivity index (χ0n) is 8.08. The second-order valence-electron chi connectivity index (χ2n) is 3.09. The number of primary amides is 1. The van der Waals surface area contributed by atoms with Gasteiger partial charge in [0.15, 0.2) is 5.82 Å². The Morgan fingerprint density at radius 1 is 1.33 bits per heavy atom. The van der Waals surface area contributed by atoms with E-state index in [4.69, 9.17) is 5.73 Å². The van der Waals surface area contributed by atoms with Crippen LogP contribution in [0.1, 0.15) is 16.1 Å². The summed E-state index contributed by atoms with van der Waals surface area (Å²) in [5, 5.41) is 4.06. The van der Waals surface area contributed by atoms with Crippen LogP contribution in [0.4, 0.5) is 0 Å². The third-order valence-electron chi connectivity index (χ3n) is 1.84. The Bertz CT molecular complexity index is 487. The number of nitrogens with two attached hydrogens (primary N) is 1. The quantitative estimate of drug-likeness (QED) is 0.748. The molecule has 2 rings (SSSR count). The maximum Gasteiger partial charge on any atom is 0.268 e. The van der Waals surface area contributed by atoms with E-state index in [1.54, 1.807) is 10.9 Å². The molecule has 0 saturated heterocycles. The molecule has 0 bridgehead atoms. The van der Waals surface area contributed by atoms with Crippen LogP contribution < -0.4 is 5.73 Å². The summed E-state index contributed by atoms with van der Waals surface area (Å²) >= 11 is 0. The average molecular weight is 203 g/mol. The minimum Gasteiger partial charge on any atom is -0.364 e. The van der Waals surface area contributed by atoms with Gasteiger partial charge in [-0.25, -0.2) is 14.6 Å². The third-order valence-corrected chi connectivity index (χ3v) is 1.84. The van der Waals surface area contributed by atoms with Gasteiger partial charge in [-0.3, -0.25) is 4.79 Å². The van der Waals surface area contributed by atoms with Crippen molar-refractivity contribution in [2.24, 2.45) is 5.73 Å². The van der Waals surface area contributed by atoms with E-state index in [1.807, 2.05) is 13.1 Å². The van der Waals surface area contributed by atoms with Crippen LogP contribution in [-0.2, 0) is 0 Å². The lowest BCUT2D eigenvalue weighted by molar-refractivity contribution is 0.0995. The Morgan fingerprint density at radius 2 is 2.13 bits per heavy atom. The molecule has 0 aliphatic rings. The normalized spacial score (nSPS) is 10.2. The van der Waals surface area contributed by atoms with Gasteiger partial charge in [0.2, 0.25) is 0 Å². The summed E-state index contributed by atoms with van der Waals surface area (Å²) in [5.74, 6) is -0.0428. The van der Waals surface area contributed by atoms with Crippen molar-refractivity contribution in [1.29, 1.82) is 0 Å². The summed E-state index contributed by atoms with van der Waals surface area (Å²) in [6, 6.07) is 0. The smallest absolute Gasteiger partial charge is 0.268 e. The monoisotopic (exact) mass is 203 g/mol. The number of aromatic nitrogens is 4. The van der Waals surface area contributed by atoms with Crippen LogP contribution >= 0.6 is 0 Å². The van der Waals surface area contributed by atoms with E-state index in [-0.39, 0.29) is 5.69 Å². The highest BCUT2D eigenvalue weighted by Crippen LogP contribution is 2.03. The van der Waals surface area contributed by atoms with Crippen LogP contribution in [0, 0.1) is 6.92 Å². The molecule has 0 fully saturated rings. The first kappa shape index (κ1) is 9.32. The van der Waals surface area contributed by atoms with Crippen molar-refractivity contribution >= 4 is 5.91 Å². The van der Waals surface area contributed by atoms with Crippen molar-refractivity contribution in [1.82, 2.24) is 19.7 Å². The zero-order valence-corrected chi connectivity index (χ0v) is 8.08. The first-order valence-corrected chi connectivity index (χ1v) is 4.30. The highest BCUT2D eigenvalue weighted by molar-refractivity contribution is 5.90. The summed E-state index contributed by atoms with van der Waals surface area (Å²) in [6.07, 6.45) is 6.30. The first-order valence-electron chi connectivity index (χ1n) is 4.30. The average Bonchev–Trinajstić information content (AvgIpc) is 2.65. The molecule has 2 N–H and O–H groups in total. The molecule has 0 aliphatic heterocycles. The predicted octanol–water partition coefficient (Wildman–Crippen LogP) is 0.0696. The fraction of sp³-hybridized carbons (Fsp3) is 0.111. The topological polar surface area (TPSA) is 86.7 Å². The molecule has 2 aromatic rings. The number of hydrogen-bond donors (Lipinski definition) is 1. The van der Waals surface area contributed by atoms with Crippen molar-refractivity contribution in [3.8, 4) is 5.82 Å². The Kier molecular flexibility index (Phi) is 2.17. The predicted molar refractivity (Wildman–Crippen MR) is 52.4 cm³/mol. The van der Waals surface area contributed by atoms with E-state index in [9.17, 15) is 4.79 Å². The van der Waals surface area contributed by atoms with Crippen molar-refractivity contribution in [2.75, 3.05) is 0 Å². The molecule has 1 amide bonds. The Labute approximate surface area is 85.8 Å². The van der Waals surface area contributed by atoms with Crippen LogP contribution in [0.25, 0.3) is 5.82 Å². The van der Waals surface area contributed by atoms with E-state index in [0.717, 1.165) is 5.56 Å². The van der Waals surface area contributed by atoms with Crippen LogP contribution in [0.3, 0.4) is 0 Å². The summed E-state index contributed by atoms with van der Waals surface area (Å²) in [7, 11) is 0. The lowest BCUT2D eigenvalue weighted by Crippen LogP contribution is -2.14. The van der Waals surface area contributed by atoms with Gasteiger partial charge < -0.3 is 5.73 Å². The molecule has 76 valence electrons. The van der Waals surface area contributed by atoms with E-state index < -0.39 is 5.91 Å². The minimum absolute atomic E-state index is 0.141. The van der Waals surface area contributed by atoms with E-state index >= 15 is 0 Å². The van der Waals surface area contributed by atoms with Crippen LogP contribution in [0.15, 0.2) is 24.8 Å². The summed E-state index contributed by atoms with van der Waals surface area (Å²) in [4.78, 5) is 18.6. The van der Waals surface area contributed by atoms with Crippen LogP contribution in [0.2, 0.25) is 0 Å². The van der Waals surface area contributed by atoms with Gasteiger partial charge in [-0.15, -0.1) is 0 Å². The van der Waals surface area contributed by atoms with Gasteiger partial charge in [0, 0.05) is 6.20 Å². The van der Waals surface area contributed by atoms with E-state index in [0.29, 0.717) is 5.82 Å². The summed E-state index contributed by atoms with van der Waals surface area (Å²) in [6.45, 7) is 1.93. The fourth-order valence-electron chi connectivity index (χ4n) is 1.10. The van der Waals surface area contributed by atoms with Gasteiger partial charge >= 0.3 is 0 Å². The van der Waals surface area contributed by atoms with Crippen molar-refractivity contribution < 1.29 is 4.79 Å². The largest absolute Gasteiger partial charge is 0.364 e. The maximum absolute atomic E-state index is 10.8. The van der Waals surface area contributed by atoms with Crippen LogP contribution in [0.5, 0.6) is 0 Å². The molecule has 0 aromatic carbocycles. The van der Waals surface area contributed by atoms with Crippen molar-refractivity contribution in [3.63, 3.8) is 0 Å². The molecule has 6 nitrogen and oxygen atoms in total. The first-order chi connectivity index (χ1) is 7.16. The van der Waals surface area contributed by atoms with Crippen LogP contribution in [-0.4, -0.2) is 25.7 Å². The summed E-state index contributed by atoms with van der Waals surface area (Å²) < 4.78 is 1.58. The van der Waals surface area contributed by atoms with Gasteiger partial charge in [-0.1, -0.05) is 0 Å². The molecule has 0 aliphatic carbocycles. The molecular weight excluding hydrogens is 194 g/mol. The van der Waals surface area contributed by atoms with Gasteiger partial charge in [-0.05, 0) is 12.5 Å². The number of carbonyl (C=O) groups excluding carboxylic acids is 1. The number of hydrogen-bond acceptors (Lipinski definition) is 4. The zero-order chi connectivity index (χ0) is 10.8. The Morgan fingerprint density at radius 3 is 2.60 bits per heavy atom. The second-order valence-corrected chi connectivity index (χ2v) is 3.09. The number of rotatable bonds is 2. The highest BCUT2D eigenvalue weighted by atomic mass is 16.1. The molecular formula is C9H9N5O. The molecule has 0 saturated carbocycles.